The molecular formula is C20H33N2O8P. The van der Waals surface area contributed by atoms with E-state index in [1.54, 1.807) is 34.6 Å². The zero-order valence-corrected chi connectivity index (χ0v) is 19.7. The third-order valence-electron chi connectivity index (χ3n) is 6.16. The molecule has 3 rings (SSSR count). The molecule has 3 N–H and O–H groups in total. The van der Waals surface area contributed by atoms with E-state index in [1.807, 2.05) is 0 Å². The molecule has 0 aromatic carbocycles. The molecule has 1 aliphatic heterocycles. The first-order valence-electron chi connectivity index (χ1n) is 10.5. The lowest BCUT2D eigenvalue weighted by Crippen LogP contribution is -2.36. The van der Waals surface area contributed by atoms with E-state index in [2.05, 4.69) is 4.98 Å². The molecule has 176 valence electrons. The fraction of sp³-hybridized carbons (Fsp3) is 0.800. The first kappa shape index (κ1) is 24.4. The van der Waals surface area contributed by atoms with Crippen molar-refractivity contribution in [3.63, 3.8) is 0 Å². The molecule has 0 amide bonds. The van der Waals surface area contributed by atoms with E-state index in [0.717, 1.165) is 0 Å². The van der Waals surface area contributed by atoms with E-state index in [-0.39, 0.29) is 24.5 Å². The van der Waals surface area contributed by atoms with Crippen LogP contribution in [0.2, 0.25) is 0 Å². The summed E-state index contributed by atoms with van der Waals surface area (Å²) in [5.74, 6) is -1.02. The molecule has 1 aromatic rings. The summed E-state index contributed by atoms with van der Waals surface area (Å²) in [6.07, 6.45) is 1.54. The van der Waals surface area contributed by atoms with Crippen LogP contribution in [-0.4, -0.2) is 48.5 Å². The summed E-state index contributed by atoms with van der Waals surface area (Å²) >= 11 is 0. The van der Waals surface area contributed by atoms with Gasteiger partial charge in [0.25, 0.3) is 5.56 Å². The van der Waals surface area contributed by atoms with Gasteiger partial charge < -0.3 is 24.0 Å². The highest BCUT2D eigenvalue weighted by Crippen LogP contribution is 2.59. The first-order valence-corrected chi connectivity index (χ1v) is 12.1. The van der Waals surface area contributed by atoms with Gasteiger partial charge in [-0.25, -0.2) is 4.79 Å². The third-order valence-corrected chi connectivity index (χ3v) is 8.44. The minimum absolute atomic E-state index is 0.0628. The molecule has 2 fully saturated rings. The van der Waals surface area contributed by atoms with Crippen molar-refractivity contribution >= 4 is 7.60 Å². The van der Waals surface area contributed by atoms with Gasteiger partial charge in [0.1, 0.15) is 6.10 Å². The zero-order chi connectivity index (χ0) is 23.4. The van der Waals surface area contributed by atoms with Crippen molar-refractivity contribution in [3.05, 3.63) is 33.1 Å². The Morgan fingerprint density at radius 1 is 1.29 bits per heavy atom. The second-order valence-corrected chi connectivity index (χ2v) is 12.0. The summed E-state index contributed by atoms with van der Waals surface area (Å²) in [6.45, 7) is 9.85. The van der Waals surface area contributed by atoms with E-state index >= 15 is 0 Å². The average Bonchev–Trinajstić information content (AvgIpc) is 3.07. The number of hydrogen-bond acceptors (Lipinski definition) is 7. The Kier molecular flexibility index (Phi) is 6.23. The fourth-order valence-electron chi connectivity index (χ4n) is 4.52. The van der Waals surface area contributed by atoms with Gasteiger partial charge >= 0.3 is 13.3 Å². The Morgan fingerprint density at radius 3 is 2.48 bits per heavy atom. The molecule has 0 spiro atoms. The number of nitrogens with one attached hydrogen (secondary N) is 1. The van der Waals surface area contributed by atoms with E-state index in [4.69, 9.17) is 14.0 Å². The van der Waals surface area contributed by atoms with Crippen molar-refractivity contribution in [1.29, 1.82) is 0 Å². The van der Waals surface area contributed by atoms with Gasteiger partial charge in [-0.05, 0) is 59.8 Å². The van der Waals surface area contributed by atoms with E-state index in [1.165, 1.54) is 23.8 Å². The SMILES string of the molecule is CCC(C)(O)P(=O)(O)OC(C)(C)C[C@H]1C[C@@H](n2ccc(=O)[nH]c2=O)[C@@H]2OC(C)(C)O[C@H]12. The molecule has 1 aliphatic carbocycles. The number of rotatable bonds is 7. The number of aliphatic hydroxyl groups is 1. The highest BCUT2D eigenvalue weighted by molar-refractivity contribution is 7.54. The van der Waals surface area contributed by atoms with Crippen LogP contribution in [-0.2, 0) is 18.6 Å². The number of aromatic nitrogens is 2. The smallest absolute Gasteiger partial charge is 0.359 e. The number of H-pyrrole nitrogens is 1. The van der Waals surface area contributed by atoms with Crippen molar-refractivity contribution in [2.75, 3.05) is 0 Å². The fourth-order valence-corrected chi connectivity index (χ4v) is 5.86. The molecule has 11 heteroatoms. The molecule has 10 nitrogen and oxygen atoms in total. The van der Waals surface area contributed by atoms with Crippen molar-refractivity contribution < 1.29 is 28.6 Å². The maximum Gasteiger partial charge on any atom is 0.359 e. The number of hydrogen-bond donors (Lipinski definition) is 3. The second kappa shape index (κ2) is 7.93. The monoisotopic (exact) mass is 460 g/mol. The predicted octanol–water partition coefficient (Wildman–Crippen LogP) is 2.11. The van der Waals surface area contributed by atoms with Gasteiger partial charge in [-0.3, -0.25) is 18.9 Å². The Bertz CT molecular complexity index is 982. The van der Waals surface area contributed by atoms with E-state index in [9.17, 15) is 24.2 Å². The van der Waals surface area contributed by atoms with Gasteiger partial charge in [-0.2, -0.15) is 0 Å². The van der Waals surface area contributed by atoms with Gasteiger partial charge in [0.05, 0.1) is 17.7 Å². The van der Waals surface area contributed by atoms with Crippen LogP contribution in [0.5, 0.6) is 0 Å². The summed E-state index contributed by atoms with van der Waals surface area (Å²) in [5.41, 5.74) is -2.06. The Labute approximate surface area is 181 Å². The third kappa shape index (κ3) is 4.89. The summed E-state index contributed by atoms with van der Waals surface area (Å²) < 4.78 is 31.9. The van der Waals surface area contributed by atoms with Crippen molar-refractivity contribution in [2.45, 2.75) is 95.8 Å². The number of fused-ring (bicyclic) bond motifs is 1. The molecular weight excluding hydrogens is 427 g/mol. The normalized spacial score (nSPS) is 31.7. The van der Waals surface area contributed by atoms with Crippen LogP contribution >= 0.6 is 7.60 Å². The van der Waals surface area contributed by atoms with Gasteiger partial charge in [-0.1, -0.05) is 6.92 Å². The lowest BCUT2D eigenvalue weighted by atomic mass is 9.90. The van der Waals surface area contributed by atoms with Gasteiger partial charge in [0.15, 0.2) is 11.1 Å². The molecule has 2 heterocycles. The Hall–Kier alpha value is -1.29. The van der Waals surface area contributed by atoms with Crippen LogP contribution in [0.3, 0.4) is 0 Å². The van der Waals surface area contributed by atoms with Gasteiger partial charge in [-0.15, -0.1) is 0 Å². The number of nitrogens with zero attached hydrogens (tertiary/aromatic N) is 1. The number of ether oxygens (including phenoxy) is 2. The topological polar surface area (TPSA) is 140 Å². The maximum absolute atomic E-state index is 12.7. The van der Waals surface area contributed by atoms with Crippen LogP contribution in [0.15, 0.2) is 21.9 Å². The highest BCUT2D eigenvalue weighted by Gasteiger charge is 2.56. The predicted molar refractivity (Wildman–Crippen MR) is 113 cm³/mol. The van der Waals surface area contributed by atoms with Crippen LogP contribution in [0.1, 0.15) is 66.8 Å². The van der Waals surface area contributed by atoms with E-state index in [0.29, 0.717) is 12.8 Å². The largest absolute Gasteiger partial charge is 0.378 e. The number of aromatic amines is 1. The molecule has 1 saturated heterocycles. The molecule has 2 unspecified atom stereocenters. The quantitative estimate of drug-likeness (QED) is 0.526. The lowest BCUT2D eigenvalue weighted by molar-refractivity contribution is -0.162. The maximum atomic E-state index is 12.7. The molecule has 31 heavy (non-hydrogen) atoms. The van der Waals surface area contributed by atoms with Crippen molar-refractivity contribution in [2.24, 2.45) is 5.92 Å². The molecule has 1 aromatic heterocycles. The van der Waals surface area contributed by atoms with Crippen LogP contribution < -0.4 is 11.2 Å². The van der Waals surface area contributed by atoms with Crippen LogP contribution in [0, 0.1) is 5.92 Å². The first-order chi connectivity index (χ1) is 14.1. The molecule has 1 saturated carbocycles. The molecule has 2 aliphatic rings. The van der Waals surface area contributed by atoms with Gasteiger partial charge in [0.2, 0.25) is 0 Å². The van der Waals surface area contributed by atoms with Crippen molar-refractivity contribution in [1.82, 2.24) is 9.55 Å². The van der Waals surface area contributed by atoms with Crippen molar-refractivity contribution in [3.8, 4) is 0 Å². The molecule has 0 bridgehead atoms. The van der Waals surface area contributed by atoms with Gasteiger partial charge in [0, 0.05) is 12.3 Å². The minimum Gasteiger partial charge on any atom is -0.378 e. The summed E-state index contributed by atoms with van der Waals surface area (Å²) in [4.78, 5) is 36.5. The highest BCUT2D eigenvalue weighted by atomic mass is 31.2. The summed E-state index contributed by atoms with van der Waals surface area (Å²) in [7, 11) is -4.33. The average molecular weight is 460 g/mol. The summed E-state index contributed by atoms with van der Waals surface area (Å²) in [5, 5.41) is 8.43. The van der Waals surface area contributed by atoms with E-state index < -0.39 is 41.7 Å². The van der Waals surface area contributed by atoms with Crippen LogP contribution in [0.25, 0.3) is 0 Å². The second-order valence-electron chi connectivity index (χ2n) is 9.79. The molecule has 6 atom stereocenters. The lowest BCUT2D eigenvalue weighted by Gasteiger charge is -2.36. The zero-order valence-electron chi connectivity index (χ0n) is 18.8. The molecule has 0 radical (unpaired) electrons. The summed E-state index contributed by atoms with van der Waals surface area (Å²) in [6, 6.07) is 0.906. The standard InChI is InChI=1S/C20H33N2O8P/c1-7-20(6,25)31(26,27)30-18(2,3)11-12-10-13(16-15(12)28-19(4,5)29-16)22-9-8-14(23)21-17(22)24/h8-9,12-13,15-16,25H,7,10-11H2,1-6H3,(H,26,27)(H,21,23,24)/t12-,13-,15-,16+,20?/m1/s1. The van der Waals surface area contributed by atoms with Crippen LogP contribution in [0.4, 0.5) is 0 Å². The minimum atomic E-state index is -4.33. The Morgan fingerprint density at radius 2 is 1.90 bits per heavy atom. The Balaban J connectivity index is 1.86.